The molecule has 0 spiro atoms. The third-order valence-electron chi connectivity index (χ3n) is 3.58. The fraction of sp³-hybridized carbons (Fsp3) is 0.733. The van der Waals surface area contributed by atoms with Gasteiger partial charge in [0.05, 0.1) is 18.8 Å². The van der Waals surface area contributed by atoms with Gasteiger partial charge in [-0.1, -0.05) is 0 Å². The van der Waals surface area contributed by atoms with E-state index in [2.05, 4.69) is 16.0 Å². The van der Waals surface area contributed by atoms with Crippen LogP contribution in [0.1, 0.15) is 20.3 Å². The van der Waals surface area contributed by atoms with Crippen molar-refractivity contribution in [2.75, 3.05) is 18.6 Å². The van der Waals surface area contributed by atoms with Gasteiger partial charge in [0.15, 0.2) is 0 Å². The largest absolute Gasteiger partial charge is 0.480 e. The van der Waals surface area contributed by atoms with Crippen LogP contribution >= 0.6 is 11.8 Å². The molecule has 0 radical (unpaired) electrons. The number of amides is 3. The Morgan fingerprint density at radius 1 is 1.04 bits per heavy atom. The lowest BCUT2D eigenvalue weighted by Crippen LogP contribution is -2.60. The normalized spacial score (nSPS) is 16.4. The molecule has 27 heavy (non-hydrogen) atoms. The maximum atomic E-state index is 12.3. The molecule has 11 nitrogen and oxygen atoms in total. The molecule has 0 aromatic heterocycles. The van der Waals surface area contributed by atoms with Gasteiger partial charge in [-0.25, -0.2) is 0 Å². The van der Waals surface area contributed by atoms with Gasteiger partial charge in [-0.3, -0.25) is 19.2 Å². The SMILES string of the molecule is CSCCC(N)C(=O)NC(C(=O)NC(CO)C(=O)NC(C)C(=O)O)C(C)O. The van der Waals surface area contributed by atoms with Crippen LogP contribution in [0.3, 0.4) is 0 Å². The number of aliphatic hydroxyl groups excluding tert-OH is 2. The summed E-state index contributed by atoms with van der Waals surface area (Å²) in [6.45, 7) is 1.67. The van der Waals surface area contributed by atoms with E-state index < -0.39 is 60.6 Å². The van der Waals surface area contributed by atoms with Crippen molar-refractivity contribution < 1.29 is 34.5 Å². The highest BCUT2D eigenvalue weighted by molar-refractivity contribution is 7.98. The molecule has 0 fully saturated rings. The van der Waals surface area contributed by atoms with Gasteiger partial charge >= 0.3 is 5.97 Å². The Bertz CT molecular complexity index is 532. The first-order chi connectivity index (χ1) is 12.5. The number of hydrogen-bond acceptors (Lipinski definition) is 8. The Morgan fingerprint density at radius 3 is 2.07 bits per heavy atom. The van der Waals surface area contributed by atoms with Gasteiger partial charge in [0.25, 0.3) is 0 Å². The monoisotopic (exact) mass is 408 g/mol. The van der Waals surface area contributed by atoms with Crippen LogP contribution < -0.4 is 21.7 Å². The Kier molecular flexibility index (Phi) is 11.6. The molecule has 5 atom stereocenters. The molecule has 0 rings (SSSR count). The first-order valence-electron chi connectivity index (χ1n) is 8.22. The van der Waals surface area contributed by atoms with Crippen molar-refractivity contribution in [1.82, 2.24) is 16.0 Å². The second-order valence-corrected chi connectivity index (χ2v) is 6.91. The third kappa shape index (κ3) is 9.04. The van der Waals surface area contributed by atoms with Crippen molar-refractivity contribution in [2.45, 2.75) is 50.5 Å². The zero-order valence-corrected chi connectivity index (χ0v) is 16.3. The molecule has 0 bridgehead atoms. The molecule has 156 valence electrons. The number of carboxylic acid groups (broad SMARTS) is 1. The summed E-state index contributed by atoms with van der Waals surface area (Å²) in [6, 6.07) is -4.97. The van der Waals surface area contributed by atoms with E-state index in [4.69, 9.17) is 10.8 Å². The van der Waals surface area contributed by atoms with Crippen molar-refractivity contribution in [1.29, 1.82) is 0 Å². The quantitative estimate of drug-likeness (QED) is 0.176. The summed E-state index contributed by atoms with van der Waals surface area (Å²) in [5.41, 5.74) is 5.71. The minimum atomic E-state index is -1.46. The van der Waals surface area contributed by atoms with Crippen LogP contribution in [0.15, 0.2) is 0 Å². The summed E-state index contributed by atoms with van der Waals surface area (Å²) in [6.07, 6.45) is 0.916. The van der Waals surface area contributed by atoms with Crippen LogP contribution in [0.2, 0.25) is 0 Å². The van der Waals surface area contributed by atoms with E-state index in [1.807, 2.05) is 6.26 Å². The van der Waals surface area contributed by atoms with Crippen molar-refractivity contribution in [3.63, 3.8) is 0 Å². The molecule has 0 aliphatic rings. The van der Waals surface area contributed by atoms with Crippen LogP contribution in [-0.4, -0.2) is 87.9 Å². The van der Waals surface area contributed by atoms with Crippen molar-refractivity contribution in [3.8, 4) is 0 Å². The summed E-state index contributed by atoms with van der Waals surface area (Å²) >= 11 is 1.50. The highest BCUT2D eigenvalue weighted by Crippen LogP contribution is 2.01. The highest BCUT2D eigenvalue weighted by atomic mass is 32.2. The fourth-order valence-electron chi connectivity index (χ4n) is 1.87. The lowest BCUT2D eigenvalue weighted by molar-refractivity contribution is -0.142. The molecular formula is C15H28N4O7S. The molecule has 0 aliphatic heterocycles. The molecule has 0 heterocycles. The molecule has 0 saturated carbocycles. The van der Waals surface area contributed by atoms with Gasteiger partial charge in [-0.05, 0) is 32.3 Å². The number of rotatable bonds is 12. The van der Waals surface area contributed by atoms with Gasteiger partial charge in [-0.2, -0.15) is 11.8 Å². The number of thioether (sulfide) groups is 1. The van der Waals surface area contributed by atoms with Crippen LogP contribution in [0.5, 0.6) is 0 Å². The Balaban J connectivity index is 4.96. The molecule has 0 aliphatic carbocycles. The van der Waals surface area contributed by atoms with Crippen molar-refractivity contribution >= 4 is 35.5 Å². The molecular weight excluding hydrogens is 380 g/mol. The van der Waals surface area contributed by atoms with E-state index in [0.717, 1.165) is 0 Å². The van der Waals surface area contributed by atoms with E-state index in [0.29, 0.717) is 12.2 Å². The van der Waals surface area contributed by atoms with Gasteiger partial charge in [-0.15, -0.1) is 0 Å². The number of nitrogens with two attached hydrogens (primary N) is 1. The summed E-state index contributed by atoms with van der Waals surface area (Å²) in [5.74, 6) is -3.15. The Labute approximate surface area is 161 Å². The smallest absolute Gasteiger partial charge is 0.325 e. The molecule has 0 aromatic rings. The first-order valence-corrected chi connectivity index (χ1v) is 9.61. The van der Waals surface area contributed by atoms with Crippen molar-refractivity contribution in [2.24, 2.45) is 5.73 Å². The average Bonchev–Trinajstić information content (AvgIpc) is 2.60. The summed E-state index contributed by atoms with van der Waals surface area (Å²) in [5, 5.41) is 34.4. The van der Waals surface area contributed by atoms with Gasteiger partial charge in [0.1, 0.15) is 18.1 Å². The molecule has 12 heteroatoms. The minimum Gasteiger partial charge on any atom is -0.480 e. The summed E-state index contributed by atoms with van der Waals surface area (Å²) < 4.78 is 0. The predicted octanol–water partition coefficient (Wildman–Crippen LogP) is -3.00. The van der Waals surface area contributed by atoms with E-state index in [-0.39, 0.29) is 0 Å². The maximum absolute atomic E-state index is 12.3. The van der Waals surface area contributed by atoms with Crippen LogP contribution in [0.4, 0.5) is 0 Å². The summed E-state index contributed by atoms with van der Waals surface area (Å²) in [7, 11) is 0. The maximum Gasteiger partial charge on any atom is 0.325 e. The second kappa shape index (κ2) is 12.5. The summed E-state index contributed by atoms with van der Waals surface area (Å²) in [4.78, 5) is 47.1. The Hall–Kier alpha value is -1.89. The van der Waals surface area contributed by atoms with Crippen LogP contribution in [-0.2, 0) is 19.2 Å². The highest BCUT2D eigenvalue weighted by Gasteiger charge is 2.31. The average molecular weight is 408 g/mol. The first kappa shape index (κ1) is 25.1. The van der Waals surface area contributed by atoms with Crippen molar-refractivity contribution in [3.05, 3.63) is 0 Å². The minimum absolute atomic E-state index is 0.371. The molecule has 8 N–H and O–H groups in total. The topological polar surface area (TPSA) is 191 Å². The third-order valence-corrected chi connectivity index (χ3v) is 4.22. The standard InChI is InChI=1S/C15H28N4O7S/c1-7(15(25)26)17-13(23)10(6-20)18-14(24)11(8(2)21)19-12(22)9(16)4-5-27-3/h7-11,20-21H,4-6,16H2,1-3H3,(H,17,23)(H,18,24)(H,19,22)(H,25,26). The number of nitrogens with one attached hydrogen (secondary N) is 3. The van der Waals surface area contributed by atoms with E-state index in [1.165, 1.54) is 25.6 Å². The number of carboxylic acids is 1. The number of hydrogen-bond donors (Lipinski definition) is 7. The van der Waals surface area contributed by atoms with Gasteiger partial charge in [0, 0.05) is 0 Å². The zero-order valence-electron chi connectivity index (χ0n) is 15.5. The molecule has 0 aromatic carbocycles. The lowest BCUT2D eigenvalue weighted by atomic mass is 10.1. The predicted molar refractivity (Wildman–Crippen MR) is 98.8 cm³/mol. The zero-order chi connectivity index (χ0) is 21.1. The number of carbonyl (C=O) groups excluding carboxylic acids is 3. The molecule has 0 saturated heterocycles. The second-order valence-electron chi connectivity index (χ2n) is 5.93. The Morgan fingerprint density at radius 2 is 1.63 bits per heavy atom. The number of aliphatic carboxylic acids is 1. The lowest BCUT2D eigenvalue weighted by Gasteiger charge is -2.25. The van der Waals surface area contributed by atoms with Crippen LogP contribution in [0.25, 0.3) is 0 Å². The number of carbonyl (C=O) groups is 4. The molecule has 3 amide bonds. The fourth-order valence-corrected chi connectivity index (χ4v) is 2.36. The van der Waals surface area contributed by atoms with Gasteiger partial charge in [0.2, 0.25) is 17.7 Å². The van der Waals surface area contributed by atoms with Gasteiger partial charge < -0.3 is 37.0 Å². The number of aliphatic hydroxyl groups is 2. The van der Waals surface area contributed by atoms with E-state index in [9.17, 15) is 29.4 Å². The van der Waals surface area contributed by atoms with E-state index >= 15 is 0 Å². The van der Waals surface area contributed by atoms with E-state index in [1.54, 1.807) is 0 Å². The van der Waals surface area contributed by atoms with Crippen LogP contribution in [0, 0.1) is 0 Å². The molecule has 5 unspecified atom stereocenters.